The van der Waals surface area contributed by atoms with E-state index in [-0.39, 0.29) is 31.3 Å². The maximum absolute atomic E-state index is 14.7. The fourth-order valence-corrected chi connectivity index (χ4v) is 6.43. The number of alkyl halides is 2. The number of fused-ring (bicyclic) bond motifs is 1. The number of thioether (sulfide) groups is 1. The number of amides is 1. The first-order chi connectivity index (χ1) is 17.0. The van der Waals surface area contributed by atoms with Crippen molar-refractivity contribution in [1.29, 1.82) is 0 Å². The van der Waals surface area contributed by atoms with Crippen molar-refractivity contribution in [1.82, 2.24) is 24.4 Å². The molecule has 11 heteroatoms. The number of carbonyl (C=O) groups is 1. The van der Waals surface area contributed by atoms with E-state index in [2.05, 4.69) is 10.1 Å². The van der Waals surface area contributed by atoms with Gasteiger partial charge in [-0.15, -0.1) is 11.8 Å². The Hall–Kier alpha value is -1.98. The molecule has 3 fully saturated rings. The smallest absolute Gasteiger partial charge is 0.410 e. The van der Waals surface area contributed by atoms with Gasteiger partial charge in [0.15, 0.2) is 0 Å². The van der Waals surface area contributed by atoms with E-state index in [0.717, 1.165) is 29.1 Å². The number of ether oxygens (including phenoxy) is 2. The summed E-state index contributed by atoms with van der Waals surface area (Å²) in [6.07, 6.45) is 5.38. The Morgan fingerprint density at radius 2 is 2.00 bits per heavy atom. The summed E-state index contributed by atoms with van der Waals surface area (Å²) in [5, 5.41) is 5.32. The lowest BCUT2D eigenvalue weighted by Gasteiger charge is -2.45. The second kappa shape index (κ2) is 9.40. The topological polar surface area (TPSA) is 72.2 Å². The van der Waals surface area contributed by atoms with Crippen LogP contribution in [0.2, 0.25) is 0 Å². The van der Waals surface area contributed by atoms with Crippen LogP contribution in [0.5, 0.6) is 0 Å². The summed E-state index contributed by atoms with van der Waals surface area (Å²) < 4.78 is 43.2. The summed E-state index contributed by atoms with van der Waals surface area (Å²) in [6.45, 7) is 6.53. The Morgan fingerprint density at radius 1 is 1.25 bits per heavy atom. The Balaban J connectivity index is 1.25. The van der Waals surface area contributed by atoms with E-state index in [1.807, 2.05) is 48.6 Å². The van der Waals surface area contributed by atoms with Crippen molar-refractivity contribution < 1.29 is 23.0 Å². The third kappa shape index (κ3) is 5.06. The molecule has 0 radical (unpaired) electrons. The van der Waals surface area contributed by atoms with E-state index in [0.29, 0.717) is 32.5 Å². The van der Waals surface area contributed by atoms with Gasteiger partial charge in [0.05, 0.1) is 23.9 Å². The second-order valence-electron chi connectivity index (χ2n) is 11.3. The van der Waals surface area contributed by atoms with Crippen LogP contribution in [0, 0.1) is 0 Å². The van der Waals surface area contributed by atoms with Gasteiger partial charge in [0.2, 0.25) is 0 Å². The van der Waals surface area contributed by atoms with Crippen LogP contribution < -0.4 is 0 Å². The number of halogens is 2. The highest BCUT2D eigenvalue weighted by Gasteiger charge is 2.56. The van der Waals surface area contributed by atoms with Gasteiger partial charge in [-0.1, -0.05) is 0 Å². The number of piperidine rings is 1. The summed E-state index contributed by atoms with van der Waals surface area (Å²) in [5.41, 5.74) is 0.717. The molecule has 5 heterocycles. The van der Waals surface area contributed by atoms with Gasteiger partial charge >= 0.3 is 6.09 Å². The zero-order chi connectivity index (χ0) is 25.7. The molecule has 3 saturated heterocycles. The molecule has 5 rings (SSSR count). The number of rotatable bonds is 4. The van der Waals surface area contributed by atoms with Gasteiger partial charge in [0.25, 0.3) is 5.92 Å². The first-order valence-corrected chi connectivity index (χ1v) is 13.8. The number of carbonyl (C=O) groups excluding carboxylic acids is 1. The largest absolute Gasteiger partial charge is 0.444 e. The lowest BCUT2D eigenvalue weighted by molar-refractivity contribution is -0.0225. The molecule has 1 spiro atoms. The number of hydrogen-bond acceptors (Lipinski definition) is 7. The van der Waals surface area contributed by atoms with Crippen LogP contribution in [0.1, 0.15) is 64.7 Å². The van der Waals surface area contributed by atoms with Crippen molar-refractivity contribution in [3.05, 3.63) is 24.2 Å². The lowest BCUT2D eigenvalue weighted by atomic mass is 9.84. The molecule has 36 heavy (non-hydrogen) atoms. The molecule has 0 saturated carbocycles. The van der Waals surface area contributed by atoms with Gasteiger partial charge in [-0.25, -0.2) is 23.1 Å². The average molecular weight is 524 g/mol. The third-order valence-electron chi connectivity index (χ3n) is 7.53. The molecule has 0 aromatic carbocycles. The minimum Gasteiger partial charge on any atom is -0.444 e. The van der Waals surface area contributed by atoms with Crippen LogP contribution in [0.15, 0.2) is 23.5 Å². The molecule has 3 aliphatic rings. The van der Waals surface area contributed by atoms with Crippen molar-refractivity contribution >= 4 is 23.4 Å². The van der Waals surface area contributed by atoms with E-state index in [1.54, 1.807) is 23.0 Å². The molecule has 2 atom stereocenters. The minimum absolute atomic E-state index is 0.128. The van der Waals surface area contributed by atoms with E-state index in [4.69, 9.17) is 9.47 Å². The van der Waals surface area contributed by atoms with Gasteiger partial charge in [-0.05, 0) is 64.8 Å². The zero-order valence-corrected chi connectivity index (χ0v) is 22.2. The number of likely N-dealkylation sites (tertiary alicyclic amines) is 2. The van der Waals surface area contributed by atoms with Crippen molar-refractivity contribution in [3.63, 3.8) is 0 Å². The highest BCUT2D eigenvalue weighted by molar-refractivity contribution is 7.98. The third-order valence-corrected chi connectivity index (χ3v) is 8.23. The first-order valence-electron chi connectivity index (χ1n) is 12.6. The molecule has 2 aromatic heterocycles. The maximum Gasteiger partial charge on any atom is 0.410 e. The maximum atomic E-state index is 14.7. The van der Waals surface area contributed by atoms with E-state index in [1.165, 1.54) is 0 Å². The van der Waals surface area contributed by atoms with Gasteiger partial charge in [-0.3, -0.25) is 4.90 Å². The van der Waals surface area contributed by atoms with E-state index in [9.17, 15) is 13.6 Å². The fourth-order valence-electron chi connectivity index (χ4n) is 5.92. The summed E-state index contributed by atoms with van der Waals surface area (Å²) in [5.74, 6) is -2.74. The zero-order valence-electron chi connectivity index (χ0n) is 21.4. The molecule has 1 amide bonds. The van der Waals surface area contributed by atoms with Gasteiger partial charge < -0.3 is 14.4 Å². The number of aromatic nitrogens is 3. The highest BCUT2D eigenvalue weighted by Crippen LogP contribution is 2.46. The van der Waals surface area contributed by atoms with Crippen LogP contribution in [-0.4, -0.2) is 86.1 Å². The SMILES string of the molecule is CSc1ncnn2c([C@H]3CC[C@@H](CN4CC(F)(F)CC45CCN(C(=O)OC(C)(C)C)CC5)O3)ccc12. The Labute approximate surface area is 214 Å². The minimum atomic E-state index is -2.74. The second-order valence-corrected chi connectivity index (χ2v) is 12.0. The quantitative estimate of drug-likeness (QED) is 0.534. The fraction of sp³-hybridized carbons (Fsp3) is 0.720. The van der Waals surface area contributed by atoms with Crippen molar-refractivity contribution in [2.45, 2.75) is 87.2 Å². The monoisotopic (exact) mass is 523 g/mol. The molecule has 0 unspecified atom stereocenters. The predicted octanol–water partition coefficient (Wildman–Crippen LogP) is 4.78. The molecule has 2 aromatic rings. The van der Waals surface area contributed by atoms with Gasteiger partial charge in [0.1, 0.15) is 23.1 Å². The normalized spacial score (nSPS) is 26.2. The number of hydrogen-bond donors (Lipinski definition) is 0. The highest BCUT2D eigenvalue weighted by atomic mass is 32.2. The Bertz CT molecular complexity index is 1110. The molecule has 0 N–H and O–H groups in total. The van der Waals surface area contributed by atoms with Gasteiger partial charge in [0, 0.05) is 31.6 Å². The molecule has 0 aliphatic carbocycles. The molecule has 8 nitrogen and oxygen atoms in total. The Morgan fingerprint density at radius 3 is 2.69 bits per heavy atom. The molecular formula is C25H35F2N5O3S. The van der Waals surface area contributed by atoms with E-state index < -0.39 is 17.1 Å². The van der Waals surface area contributed by atoms with Crippen LogP contribution in [0.25, 0.3) is 5.52 Å². The number of nitrogens with zero attached hydrogens (tertiary/aromatic N) is 5. The first kappa shape index (κ1) is 25.7. The summed E-state index contributed by atoms with van der Waals surface area (Å²) in [4.78, 5) is 20.4. The molecular weight excluding hydrogens is 488 g/mol. The van der Waals surface area contributed by atoms with Crippen molar-refractivity contribution in [2.24, 2.45) is 0 Å². The molecule has 198 valence electrons. The van der Waals surface area contributed by atoms with Crippen LogP contribution in [0.3, 0.4) is 0 Å². The average Bonchev–Trinajstić information content (AvgIpc) is 3.49. The van der Waals surface area contributed by atoms with E-state index >= 15 is 0 Å². The standard InChI is InChI=1S/C25H35F2N5O3S/c1-23(2,3)35-22(33)30-11-9-24(10-12-30)14-25(26,27)15-31(24)13-17-5-8-20(34-17)18-6-7-19-21(36-4)28-16-29-32(18)19/h6-7,16-17,20H,5,8-15H2,1-4H3/t17-,20+/m0/s1. The summed E-state index contributed by atoms with van der Waals surface area (Å²) >= 11 is 1.57. The molecule has 3 aliphatic heterocycles. The summed E-state index contributed by atoms with van der Waals surface area (Å²) in [7, 11) is 0. The van der Waals surface area contributed by atoms with Crippen molar-refractivity contribution in [3.8, 4) is 0 Å². The molecule has 0 bridgehead atoms. The van der Waals surface area contributed by atoms with Gasteiger partial charge in [-0.2, -0.15) is 5.10 Å². The Kier molecular flexibility index (Phi) is 6.70. The van der Waals surface area contributed by atoms with Crippen molar-refractivity contribution in [2.75, 3.05) is 32.4 Å². The van der Waals surface area contributed by atoms with Crippen LogP contribution in [0.4, 0.5) is 13.6 Å². The van der Waals surface area contributed by atoms with Crippen LogP contribution >= 0.6 is 11.8 Å². The van der Waals surface area contributed by atoms with Crippen LogP contribution in [-0.2, 0) is 9.47 Å². The lowest BCUT2D eigenvalue weighted by Crippen LogP contribution is -2.55. The summed E-state index contributed by atoms with van der Waals surface area (Å²) in [6, 6.07) is 4.03. The predicted molar refractivity (Wildman–Crippen MR) is 133 cm³/mol.